The van der Waals surface area contributed by atoms with Gasteiger partial charge in [-0.3, -0.25) is 4.57 Å². The predicted molar refractivity (Wildman–Crippen MR) is 77.7 cm³/mol. The van der Waals surface area contributed by atoms with Crippen LogP contribution < -0.4 is 11.5 Å². The first-order chi connectivity index (χ1) is 9.17. The van der Waals surface area contributed by atoms with Gasteiger partial charge in [0.2, 0.25) is 0 Å². The van der Waals surface area contributed by atoms with E-state index in [0.29, 0.717) is 17.8 Å². The van der Waals surface area contributed by atoms with Crippen molar-refractivity contribution >= 4 is 28.1 Å². The molecule has 1 aromatic carbocycles. The van der Waals surface area contributed by atoms with Crippen LogP contribution in [0.2, 0.25) is 0 Å². The van der Waals surface area contributed by atoms with Crippen LogP contribution in [0, 0.1) is 0 Å². The number of thiophene rings is 1. The molecule has 2 N–H and O–H groups in total. The zero-order valence-electron chi connectivity index (χ0n) is 10.6. The fourth-order valence-corrected chi connectivity index (χ4v) is 3.03. The molecule has 0 atom stereocenters. The molecule has 0 bridgehead atoms. The normalized spacial score (nSPS) is 11.2. The lowest BCUT2D eigenvalue weighted by atomic mass is 10.3. The van der Waals surface area contributed by atoms with Crippen LogP contribution in [0.15, 0.2) is 39.5 Å². The number of rotatable bonds is 3. The molecule has 0 spiro atoms. The molecular formula is C14H14N2O2S. The molecule has 0 aliphatic carbocycles. The van der Waals surface area contributed by atoms with Gasteiger partial charge < -0.3 is 10.2 Å². The second-order valence-corrected chi connectivity index (χ2v) is 5.66. The molecular weight excluding hydrogens is 260 g/mol. The number of fused-ring (bicyclic) bond motifs is 1. The molecule has 0 fully saturated rings. The van der Waals surface area contributed by atoms with Gasteiger partial charge in [0.05, 0.1) is 12.1 Å². The highest BCUT2D eigenvalue weighted by molar-refractivity contribution is 7.11. The fraction of sp³-hybridized carbons (Fsp3) is 0.214. The van der Waals surface area contributed by atoms with Gasteiger partial charge in [0.15, 0.2) is 5.58 Å². The Bertz CT molecular complexity index is 782. The van der Waals surface area contributed by atoms with Crippen LogP contribution >= 0.6 is 11.3 Å². The number of oxazole rings is 1. The summed E-state index contributed by atoms with van der Waals surface area (Å²) < 4.78 is 6.86. The van der Waals surface area contributed by atoms with Crippen LogP contribution in [-0.2, 0) is 13.0 Å². The zero-order chi connectivity index (χ0) is 13.4. The second kappa shape index (κ2) is 4.59. The summed E-state index contributed by atoms with van der Waals surface area (Å²) in [5.41, 5.74) is 7.61. The van der Waals surface area contributed by atoms with Crippen LogP contribution in [0.4, 0.5) is 5.69 Å². The van der Waals surface area contributed by atoms with Crippen molar-refractivity contribution in [3.05, 3.63) is 50.6 Å². The van der Waals surface area contributed by atoms with E-state index in [1.807, 2.05) is 6.07 Å². The number of nitrogens with zero attached hydrogens (tertiary/aromatic N) is 1. The molecule has 0 saturated heterocycles. The molecule has 2 heterocycles. The smallest absolute Gasteiger partial charge is 0.408 e. The average Bonchev–Trinajstić information content (AvgIpc) is 2.95. The predicted octanol–water partition coefficient (Wildman–Crippen LogP) is 2.85. The summed E-state index contributed by atoms with van der Waals surface area (Å²) >= 11 is 1.73. The van der Waals surface area contributed by atoms with E-state index in [4.69, 9.17) is 10.2 Å². The molecule has 3 rings (SSSR count). The van der Waals surface area contributed by atoms with E-state index in [-0.39, 0.29) is 5.76 Å². The molecule has 3 aromatic rings. The lowest BCUT2D eigenvalue weighted by Gasteiger charge is -1.99. The minimum Gasteiger partial charge on any atom is -0.408 e. The van der Waals surface area contributed by atoms with E-state index in [1.165, 1.54) is 4.88 Å². The Morgan fingerprint density at radius 2 is 2.05 bits per heavy atom. The van der Waals surface area contributed by atoms with Crippen molar-refractivity contribution in [1.29, 1.82) is 0 Å². The van der Waals surface area contributed by atoms with Gasteiger partial charge in [-0.1, -0.05) is 6.92 Å². The van der Waals surface area contributed by atoms with E-state index in [1.54, 1.807) is 28.0 Å². The maximum Gasteiger partial charge on any atom is 0.420 e. The first-order valence-electron chi connectivity index (χ1n) is 6.14. The number of benzene rings is 1. The molecule has 0 unspecified atom stereocenters. The number of aryl methyl sites for hydroxylation is 1. The van der Waals surface area contributed by atoms with E-state index in [0.717, 1.165) is 16.8 Å². The van der Waals surface area contributed by atoms with Gasteiger partial charge in [0.1, 0.15) is 0 Å². The van der Waals surface area contributed by atoms with Crippen molar-refractivity contribution in [3.8, 4) is 0 Å². The molecule has 2 aromatic heterocycles. The number of aromatic nitrogens is 1. The number of hydrogen-bond acceptors (Lipinski definition) is 4. The molecule has 98 valence electrons. The summed E-state index contributed by atoms with van der Waals surface area (Å²) in [5, 5.41) is 0. The molecule has 0 aliphatic rings. The quantitative estimate of drug-likeness (QED) is 0.747. The van der Waals surface area contributed by atoms with Crippen molar-refractivity contribution in [2.45, 2.75) is 19.9 Å². The minimum absolute atomic E-state index is 0.341. The summed E-state index contributed by atoms with van der Waals surface area (Å²) in [4.78, 5) is 14.4. The van der Waals surface area contributed by atoms with Crippen molar-refractivity contribution < 1.29 is 4.42 Å². The third-order valence-electron chi connectivity index (χ3n) is 3.07. The summed E-state index contributed by atoms with van der Waals surface area (Å²) in [7, 11) is 0. The lowest BCUT2D eigenvalue weighted by molar-refractivity contribution is 0.519. The first-order valence-corrected chi connectivity index (χ1v) is 6.95. The largest absolute Gasteiger partial charge is 0.420 e. The summed E-state index contributed by atoms with van der Waals surface area (Å²) in [6.45, 7) is 2.66. The van der Waals surface area contributed by atoms with Crippen LogP contribution in [0.3, 0.4) is 0 Å². The third kappa shape index (κ3) is 2.17. The Morgan fingerprint density at radius 3 is 2.79 bits per heavy atom. The zero-order valence-corrected chi connectivity index (χ0v) is 11.4. The Kier molecular flexibility index (Phi) is 2.91. The van der Waals surface area contributed by atoms with E-state index < -0.39 is 0 Å². The fourth-order valence-electron chi connectivity index (χ4n) is 2.09. The van der Waals surface area contributed by atoms with Gasteiger partial charge >= 0.3 is 5.76 Å². The van der Waals surface area contributed by atoms with Gasteiger partial charge in [-0.15, -0.1) is 11.3 Å². The molecule has 5 heteroatoms. The van der Waals surface area contributed by atoms with Crippen LogP contribution in [0.25, 0.3) is 11.1 Å². The SMILES string of the molecule is CCc1ccc(Cn2c(=O)oc3cc(N)ccc32)s1. The highest BCUT2D eigenvalue weighted by Crippen LogP contribution is 2.21. The number of hydrogen-bond donors (Lipinski definition) is 1. The topological polar surface area (TPSA) is 61.2 Å². The van der Waals surface area contributed by atoms with E-state index in [9.17, 15) is 4.79 Å². The second-order valence-electron chi connectivity index (χ2n) is 4.40. The Morgan fingerprint density at radius 1 is 1.26 bits per heavy atom. The minimum atomic E-state index is -0.341. The van der Waals surface area contributed by atoms with Gasteiger partial charge in [-0.2, -0.15) is 0 Å². The van der Waals surface area contributed by atoms with Crippen molar-refractivity contribution in [2.75, 3.05) is 5.73 Å². The van der Waals surface area contributed by atoms with Gasteiger partial charge in [0, 0.05) is 21.5 Å². The van der Waals surface area contributed by atoms with Crippen molar-refractivity contribution in [1.82, 2.24) is 4.57 Å². The highest BCUT2D eigenvalue weighted by atomic mass is 32.1. The Labute approximate surface area is 114 Å². The van der Waals surface area contributed by atoms with Gasteiger partial charge in [-0.25, -0.2) is 4.79 Å². The Hall–Kier alpha value is -2.01. The van der Waals surface area contributed by atoms with Crippen LogP contribution in [0.1, 0.15) is 16.7 Å². The first kappa shape index (κ1) is 12.0. The summed E-state index contributed by atoms with van der Waals surface area (Å²) in [5.74, 6) is -0.341. The monoisotopic (exact) mass is 274 g/mol. The van der Waals surface area contributed by atoms with Crippen molar-refractivity contribution in [2.24, 2.45) is 0 Å². The average molecular weight is 274 g/mol. The third-order valence-corrected chi connectivity index (χ3v) is 4.29. The number of anilines is 1. The highest BCUT2D eigenvalue weighted by Gasteiger charge is 2.10. The Balaban J connectivity index is 2.05. The molecule has 4 nitrogen and oxygen atoms in total. The molecule has 0 radical (unpaired) electrons. The molecule has 0 amide bonds. The number of nitrogens with two attached hydrogens (primary N) is 1. The molecule has 0 saturated carbocycles. The molecule has 0 aliphatic heterocycles. The lowest BCUT2D eigenvalue weighted by Crippen LogP contribution is -2.14. The molecule has 19 heavy (non-hydrogen) atoms. The summed E-state index contributed by atoms with van der Waals surface area (Å²) in [6.07, 6.45) is 1.02. The van der Waals surface area contributed by atoms with E-state index in [2.05, 4.69) is 19.1 Å². The van der Waals surface area contributed by atoms with Gasteiger partial charge in [-0.05, 0) is 30.7 Å². The van der Waals surface area contributed by atoms with E-state index >= 15 is 0 Å². The summed E-state index contributed by atoms with van der Waals surface area (Å²) in [6, 6.07) is 9.44. The van der Waals surface area contributed by atoms with Gasteiger partial charge in [0.25, 0.3) is 0 Å². The standard InChI is InChI=1S/C14H14N2O2S/c1-2-10-4-5-11(19-10)8-16-12-6-3-9(15)7-13(12)18-14(16)17/h3-7H,2,8,15H2,1H3. The number of nitrogen functional groups attached to an aromatic ring is 1. The van der Waals surface area contributed by atoms with Crippen LogP contribution in [-0.4, -0.2) is 4.57 Å². The maximum absolute atomic E-state index is 11.9. The van der Waals surface area contributed by atoms with Crippen molar-refractivity contribution in [3.63, 3.8) is 0 Å². The van der Waals surface area contributed by atoms with Crippen LogP contribution in [0.5, 0.6) is 0 Å². The maximum atomic E-state index is 11.9.